The molecule has 1 saturated carbocycles. The summed E-state index contributed by atoms with van der Waals surface area (Å²) in [4.78, 5) is 12.5. The molecule has 2 aliphatic carbocycles. The van der Waals surface area contributed by atoms with Crippen LogP contribution in [0.15, 0.2) is 17.7 Å². The van der Waals surface area contributed by atoms with Gasteiger partial charge in [0, 0.05) is 29.5 Å². The fourth-order valence-electron chi connectivity index (χ4n) is 4.96. The lowest BCUT2D eigenvalue weighted by Gasteiger charge is -2.24. The Kier molecular flexibility index (Phi) is 7.63. The molecule has 160 valence electrons. The summed E-state index contributed by atoms with van der Waals surface area (Å²) in [5, 5.41) is 25.0. The van der Waals surface area contributed by atoms with E-state index >= 15 is 0 Å². The summed E-state index contributed by atoms with van der Waals surface area (Å²) in [7, 11) is 0. The predicted octanol–water partition coefficient (Wildman–Crippen LogP) is 5.85. The molecule has 1 amide bonds. The van der Waals surface area contributed by atoms with Crippen LogP contribution in [0.4, 0.5) is 0 Å². The van der Waals surface area contributed by atoms with Crippen LogP contribution in [0.25, 0.3) is 0 Å². The van der Waals surface area contributed by atoms with Gasteiger partial charge in [0.25, 0.3) is 0 Å². The third kappa shape index (κ3) is 5.34. The van der Waals surface area contributed by atoms with E-state index in [9.17, 15) is 15.0 Å². The summed E-state index contributed by atoms with van der Waals surface area (Å²) in [6, 6.07) is 1.83. The van der Waals surface area contributed by atoms with Crippen molar-refractivity contribution >= 4 is 5.91 Å². The molecule has 1 fully saturated rings. The number of phenolic OH excluding ortho intramolecular Hbond substituents is 2. The quantitative estimate of drug-likeness (QED) is 0.379. The number of allylic oxidation sites excluding steroid dienone is 2. The molecule has 0 aliphatic heterocycles. The monoisotopic (exact) mass is 399 g/mol. The van der Waals surface area contributed by atoms with Crippen molar-refractivity contribution in [2.75, 3.05) is 0 Å². The van der Waals surface area contributed by atoms with Gasteiger partial charge in [-0.15, -0.1) is 0 Å². The van der Waals surface area contributed by atoms with Gasteiger partial charge in [0.1, 0.15) is 11.5 Å². The minimum absolute atomic E-state index is 0.0396. The molecule has 0 radical (unpaired) electrons. The lowest BCUT2D eigenvalue weighted by atomic mass is 9.83. The van der Waals surface area contributed by atoms with E-state index in [0.717, 1.165) is 81.8 Å². The Morgan fingerprint density at radius 2 is 1.90 bits per heavy atom. The van der Waals surface area contributed by atoms with Crippen LogP contribution in [0.1, 0.15) is 101 Å². The fraction of sp³-hybridized carbons (Fsp3) is 0.640. The average Bonchev–Trinajstić information content (AvgIpc) is 3.22. The van der Waals surface area contributed by atoms with Crippen LogP contribution in [0.2, 0.25) is 0 Å². The van der Waals surface area contributed by atoms with E-state index in [1.165, 1.54) is 5.57 Å². The number of amides is 1. The molecule has 3 N–H and O–H groups in total. The summed E-state index contributed by atoms with van der Waals surface area (Å²) >= 11 is 0. The van der Waals surface area contributed by atoms with Crippen LogP contribution in [0.3, 0.4) is 0 Å². The Hall–Kier alpha value is -1.97. The average molecular weight is 400 g/mol. The van der Waals surface area contributed by atoms with Gasteiger partial charge in [0.15, 0.2) is 0 Å². The Morgan fingerprint density at radius 1 is 1.14 bits per heavy atom. The smallest absolute Gasteiger partial charge is 0.223 e. The first kappa shape index (κ1) is 21.7. The van der Waals surface area contributed by atoms with Gasteiger partial charge in [0.05, 0.1) is 0 Å². The molecular weight excluding hydrogens is 362 g/mol. The third-order valence-electron chi connectivity index (χ3n) is 6.67. The van der Waals surface area contributed by atoms with E-state index < -0.39 is 0 Å². The van der Waals surface area contributed by atoms with E-state index in [4.69, 9.17) is 0 Å². The molecule has 0 spiro atoms. The number of unbranched alkanes of at least 4 members (excludes halogenated alkanes) is 2. The van der Waals surface area contributed by atoms with Crippen LogP contribution in [0, 0.1) is 5.92 Å². The first-order chi connectivity index (χ1) is 14.0. The van der Waals surface area contributed by atoms with Crippen molar-refractivity contribution in [1.82, 2.24) is 5.32 Å². The summed E-state index contributed by atoms with van der Waals surface area (Å²) in [6.45, 7) is 4.62. The van der Waals surface area contributed by atoms with Gasteiger partial charge >= 0.3 is 0 Å². The normalized spacial score (nSPS) is 19.9. The van der Waals surface area contributed by atoms with Crippen LogP contribution < -0.4 is 5.32 Å². The van der Waals surface area contributed by atoms with Crippen molar-refractivity contribution in [3.8, 4) is 11.5 Å². The number of rotatable bonds is 8. The number of aryl methyl sites for hydroxylation is 1. The highest BCUT2D eigenvalue weighted by Crippen LogP contribution is 2.44. The Bertz CT molecular complexity index is 747. The summed E-state index contributed by atoms with van der Waals surface area (Å²) < 4.78 is 0. The Balaban J connectivity index is 1.87. The lowest BCUT2D eigenvalue weighted by molar-refractivity contribution is -0.124. The van der Waals surface area contributed by atoms with Gasteiger partial charge in [0.2, 0.25) is 5.91 Å². The number of carbonyl (C=O) groups excluding carboxylic acids is 1. The topological polar surface area (TPSA) is 69.6 Å². The number of phenols is 2. The number of aromatic hydroxyl groups is 2. The highest BCUT2D eigenvalue weighted by atomic mass is 16.3. The van der Waals surface area contributed by atoms with Gasteiger partial charge in [-0.1, -0.05) is 44.3 Å². The van der Waals surface area contributed by atoms with E-state index in [1.807, 2.05) is 6.07 Å². The highest BCUT2D eigenvalue weighted by Gasteiger charge is 2.26. The number of hydrogen-bond donors (Lipinski definition) is 3. The fourth-order valence-corrected chi connectivity index (χ4v) is 4.96. The summed E-state index contributed by atoms with van der Waals surface area (Å²) in [5.74, 6) is 0.623. The van der Waals surface area contributed by atoms with E-state index in [1.54, 1.807) is 0 Å². The highest BCUT2D eigenvalue weighted by molar-refractivity contribution is 5.79. The number of nitrogens with one attached hydrogen (secondary N) is 1. The zero-order valence-corrected chi connectivity index (χ0v) is 18.1. The summed E-state index contributed by atoms with van der Waals surface area (Å²) in [6.07, 6.45) is 13.5. The summed E-state index contributed by atoms with van der Waals surface area (Å²) in [5.41, 5.74) is 3.69. The van der Waals surface area contributed by atoms with Crippen LogP contribution in [0.5, 0.6) is 11.5 Å². The molecular formula is C25H37NO3. The molecule has 1 aromatic rings. The van der Waals surface area contributed by atoms with Crippen molar-refractivity contribution < 1.29 is 15.0 Å². The first-order valence-corrected chi connectivity index (χ1v) is 11.5. The van der Waals surface area contributed by atoms with E-state index in [2.05, 4.69) is 25.2 Å². The second-order valence-electron chi connectivity index (χ2n) is 8.96. The first-order valence-electron chi connectivity index (χ1n) is 11.5. The van der Waals surface area contributed by atoms with Crippen molar-refractivity contribution in [3.63, 3.8) is 0 Å². The minimum atomic E-state index is 0.0396. The van der Waals surface area contributed by atoms with Crippen molar-refractivity contribution in [2.24, 2.45) is 5.92 Å². The molecule has 0 heterocycles. The second kappa shape index (κ2) is 10.2. The maximum absolute atomic E-state index is 12.5. The Morgan fingerprint density at radius 3 is 2.59 bits per heavy atom. The molecule has 3 rings (SSSR count). The zero-order valence-electron chi connectivity index (χ0n) is 18.1. The Labute approximate surface area is 175 Å². The van der Waals surface area contributed by atoms with Crippen LogP contribution in [-0.4, -0.2) is 16.1 Å². The molecule has 2 aliphatic rings. The van der Waals surface area contributed by atoms with Crippen molar-refractivity contribution in [2.45, 2.75) is 96.9 Å². The second-order valence-corrected chi connectivity index (χ2v) is 8.96. The molecule has 0 saturated heterocycles. The largest absolute Gasteiger partial charge is 0.507 e. The molecule has 0 aromatic heterocycles. The molecule has 0 bridgehead atoms. The van der Waals surface area contributed by atoms with Crippen molar-refractivity contribution in [3.05, 3.63) is 34.4 Å². The molecule has 1 aromatic carbocycles. The lowest BCUT2D eigenvalue weighted by Crippen LogP contribution is -2.29. The van der Waals surface area contributed by atoms with Gasteiger partial charge in [-0.25, -0.2) is 0 Å². The van der Waals surface area contributed by atoms with E-state index in [0.29, 0.717) is 12.1 Å². The minimum Gasteiger partial charge on any atom is -0.507 e. The molecule has 4 nitrogen and oxygen atoms in total. The van der Waals surface area contributed by atoms with E-state index in [-0.39, 0.29) is 29.2 Å². The van der Waals surface area contributed by atoms with Gasteiger partial charge in [-0.2, -0.15) is 0 Å². The van der Waals surface area contributed by atoms with Gasteiger partial charge < -0.3 is 15.5 Å². The number of carbonyl (C=O) groups is 1. The van der Waals surface area contributed by atoms with Crippen molar-refractivity contribution in [1.29, 1.82) is 0 Å². The number of hydrogen-bond acceptors (Lipinski definition) is 3. The van der Waals surface area contributed by atoms with Gasteiger partial charge in [-0.3, -0.25) is 4.79 Å². The molecule has 4 heteroatoms. The maximum atomic E-state index is 12.5. The standard InChI is InChI=1S/C25H37NO3/c1-3-4-5-12-19-15-22(27)23(20-13-8-9-17(2)14-20)24(28)21(19)16-26-25(29)18-10-6-7-11-18/h14-15,18,20,27-28H,3-13,16H2,1-2H3,(H,26,29). The molecule has 1 atom stereocenters. The SMILES string of the molecule is CCCCCc1cc(O)c(C2C=C(C)CCC2)c(O)c1CNC(=O)C1CCCC1. The van der Waals surface area contributed by atoms with Gasteiger partial charge in [-0.05, 0) is 63.5 Å². The predicted molar refractivity (Wildman–Crippen MR) is 117 cm³/mol. The molecule has 29 heavy (non-hydrogen) atoms. The maximum Gasteiger partial charge on any atom is 0.223 e. The molecule has 1 unspecified atom stereocenters. The van der Waals surface area contributed by atoms with Crippen LogP contribution in [-0.2, 0) is 17.8 Å². The van der Waals surface area contributed by atoms with Crippen LogP contribution >= 0.6 is 0 Å². The third-order valence-corrected chi connectivity index (χ3v) is 6.67. The zero-order chi connectivity index (χ0) is 20.8. The number of benzene rings is 1.